The molecule has 0 bridgehead atoms. The SMILES string of the molecule is O=C(NC1CC1)[C@@H]1CCCN(Cc2c(Cl)cccc2Cl)C1. The molecular weight excluding hydrogens is 307 g/mol. The first kappa shape index (κ1) is 15.1. The van der Waals surface area contributed by atoms with E-state index in [9.17, 15) is 4.79 Å². The minimum absolute atomic E-state index is 0.0978. The van der Waals surface area contributed by atoms with Crippen LogP contribution < -0.4 is 5.32 Å². The van der Waals surface area contributed by atoms with E-state index in [4.69, 9.17) is 23.2 Å². The number of likely N-dealkylation sites (tertiary alicyclic amines) is 1. The Morgan fingerprint density at radius 2 is 1.95 bits per heavy atom. The van der Waals surface area contributed by atoms with Gasteiger partial charge >= 0.3 is 0 Å². The molecule has 1 aliphatic carbocycles. The number of hydrogen-bond acceptors (Lipinski definition) is 2. The summed E-state index contributed by atoms with van der Waals surface area (Å²) in [5.41, 5.74) is 0.962. The third kappa shape index (κ3) is 3.91. The summed E-state index contributed by atoms with van der Waals surface area (Å²) >= 11 is 12.5. The highest BCUT2D eigenvalue weighted by atomic mass is 35.5. The molecule has 114 valence electrons. The number of nitrogens with one attached hydrogen (secondary N) is 1. The van der Waals surface area contributed by atoms with E-state index < -0.39 is 0 Å². The van der Waals surface area contributed by atoms with Gasteiger partial charge in [0, 0.05) is 34.7 Å². The van der Waals surface area contributed by atoms with Gasteiger partial charge in [0.05, 0.1) is 5.92 Å². The molecule has 1 saturated carbocycles. The highest BCUT2D eigenvalue weighted by Crippen LogP contribution is 2.28. The largest absolute Gasteiger partial charge is 0.353 e. The highest BCUT2D eigenvalue weighted by Gasteiger charge is 2.30. The van der Waals surface area contributed by atoms with Gasteiger partial charge in [-0.2, -0.15) is 0 Å². The van der Waals surface area contributed by atoms with Crippen molar-refractivity contribution in [1.82, 2.24) is 10.2 Å². The Labute approximate surface area is 135 Å². The quantitative estimate of drug-likeness (QED) is 0.918. The van der Waals surface area contributed by atoms with E-state index in [0.29, 0.717) is 22.6 Å². The van der Waals surface area contributed by atoms with Crippen LogP contribution in [0.4, 0.5) is 0 Å². The fourth-order valence-corrected chi connectivity index (χ4v) is 3.38. The van der Waals surface area contributed by atoms with E-state index in [1.165, 1.54) is 0 Å². The lowest BCUT2D eigenvalue weighted by molar-refractivity contribution is -0.126. The first-order chi connectivity index (χ1) is 10.1. The third-order valence-electron chi connectivity index (χ3n) is 4.24. The van der Waals surface area contributed by atoms with Gasteiger partial charge in [-0.3, -0.25) is 9.69 Å². The number of carbonyl (C=O) groups is 1. The zero-order chi connectivity index (χ0) is 14.8. The fraction of sp³-hybridized carbons (Fsp3) is 0.562. The Morgan fingerprint density at radius 3 is 2.62 bits per heavy atom. The zero-order valence-corrected chi connectivity index (χ0v) is 13.5. The van der Waals surface area contributed by atoms with Crippen LogP contribution in [0.3, 0.4) is 0 Å². The van der Waals surface area contributed by atoms with Gasteiger partial charge in [0.2, 0.25) is 5.91 Å². The van der Waals surface area contributed by atoms with Gasteiger partial charge in [0.1, 0.15) is 0 Å². The standard InChI is InChI=1S/C16H20Cl2N2O/c17-14-4-1-5-15(18)13(14)10-20-8-2-3-11(9-20)16(21)19-12-6-7-12/h1,4-5,11-12H,2-3,6-10H2,(H,19,21)/t11-/m1/s1. The lowest BCUT2D eigenvalue weighted by Gasteiger charge is -2.32. The second-order valence-corrected chi connectivity index (χ2v) is 6.87. The maximum atomic E-state index is 12.2. The highest BCUT2D eigenvalue weighted by molar-refractivity contribution is 6.35. The molecule has 3 nitrogen and oxygen atoms in total. The van der Waals surface area contributed by atoms with Crippen LogP contribution in [0.25, 0.3) is 0 Å². The normalized spacial score (nSPS) is 23.0. The van der Waals surface area contributed by atoms with E-state index >= 15 is 0 Å². The summed E-state index contributed by atoms with van der Waals surface area (Å²) in [6.45, 7) is 2.50. The van der Waals surface area contributed by atoms with E-state index in [0.717, 1.165) is 44.3 Å². The van der Waals surface area contributed by atoms with Crippen LogP contribution in [0.1, 0.15) is 31.2 Å². The molecule has 5 heteroatoms. The van der Waals surface area contributed by atoms with Crippen molar-refractivity contribution in [2.75, 3.05) is 13.1 Å². The van der Waals surface area contributed by atoms with Gasteiger partial charge in [0.25, 0.3) is 0 Å². The van der Waals surface area contributed by atoms with E-state index in [-0.39, 0.29) is 11.8 Å². The minimum atomic E-state index is 0.0978. The average Bonchev–Trinajstić information content (AvgIpc) is 3.27. The minimum Gasteiger partial charge on any atom is -0.353 e. The summed E-state index contributed by atoms with van der Waals surface area (Å²) in [5.74, 6) is 0.313. The van der Waals surface area contributed by atoms with Crippen molar-refractivity contribution < 1.29 is 4.79 Å². The van der Waals surface area contributed by atoms with Gasteiger partial charge in [-0.05, 0) is 44.4 Å². The van der Waals surface area contributed by atoms with Crippen molar-refractivity contribution in [2.45, 2.75) is 38.3 Å². The van der Waals surface area contributed by atoms with Crippen molar-refractivity contribution in [1.29, 1.82) is 0 Å². The lowest BCUT2D eigenvalue weighted by Crippen LogP contribution is -2.43. The number of amides is 1. The molecule has 1 N–H and O–H groups in total. The van der Waals surface area contributed by atoms with E-state index in [1.807, 2.05) is 18.2 Å². The number of halogens is 2. The first-order valence-corrected chi connectivity index (χ1v) is 8.34. The average molecular weight is 327 g/mol. The van der Waals surface area contributed by atoms with E-state index in [2.05, 4.69) is 10.2 Å². The Morgan fingerprint density at radius 1 is 1.24 bits per heavy atom. The number of carbonyl (C=O) groups excluding carboxylic acids is 1. The summed E-state index contributed by atoms with van der Waals surface area (Å²) in [6, 6.07) is 6.02. The molecule has 1 aromatic carbocycles. The van der Waals surface area contributed by atoms with Crippen LogP contribution in [0.2, 0.25) is 10.0 Å². The summed E-state index contributed by atoms with van der Waals surface area (Å²) in [5, 5.41) is 4.51. The second-order valence-electron chi connectivity index (χ2n) is 6.06. The maximum Gasteiger partial charge on any atom is 0.224 e. The van der Waals surface area contributed by atoms with Crippen molar-refractivity contribution in [2.24, 2.45) is 5.92 Å². The smallest absolute Gasteiger partial charge is 0.224 e. The Hall–Kier alpha value is -0.770. The number of piperidine rings is 1. The molecule has 1 heterocycles. The summed E-state index contributed by atoms with van der Waals surface area (Å²) in [4.78, 5) is 14.5. The van der Waals surface area contributed by atoms with Crippen LogP contribution in [-0.4, -0.2) is 29.9 Å². The van der Waals surface area contributed by atoms with Gasteiger partial charge in [-0.1, -0.05) is 29.3 Å². The van der Waals surface area contributed by atoms with Crippen molar-refractivity contribution in [3.8, 4) is 0 Å². The van der Waals surface area contributed by atoms with Crippen molar-refractivity contribution in [3.63, 3.8) is 0 Å². The molecule has 2 fully saturated rings. The summed E-state index contributed by atoms with van der Waals surface area (Å²) < 4.78 is 0. The Balaban J connectivity index is 1.61. The van der Waals surface area contributed by atoms with Crippen LogP contribution in [-0.2, 0) is 11.3 Å². The molecule has 2 aliphatic rings. The molecule has 1 aliphatic heterocycles. The molecule has 21 heavy (non-hydrogen) atoms. The van der Waals surface area contributed by atoms with Gasteiger partial charge in [-0.25, -0.2) is 0 Å². The first-order valence-electron chi connectivity index (χ1n) is 7.59. The molecule has 1 atom stereocenters. The topological polar surface area (TPSA) is 32.3 Å². The Kier molecular flexibility index (Phi) is 4.72. The van der Waals surface area contributed by atoms with Gasteiger partial charge in [0.15, 0.2) is 0 Å². The van der Waals surface area contributed by atoms with Crippen LogP contribution in [0.15, 0.2) is 18.2 Å². The summed E-state index contributed by atoms with van der Waals surface area (Å²) in [6.07, 6.45) is 4.30. The number of hydrogen-bond donors (Lipinski definition) is 1. The molecule has 3 rings (SSSR count). The predicted molar refractivity (Wildman–Crippen MR) is 85.6 cm³/mol. The van der Waals surface area contributed by atoms with Crippen LogP contribution in [0.5, 0.6) is 0 Å². The molecule has 0 aromatic heterocycles. The van der Waals surface area contributed by atoms with E-state index in [1.54, 1.807) is 0 Å². The number of benzene rings is 1. The Bertz CT molecular complexity index is 511. The monoisotopic (exact) mass is 326 g/mol. The molecule has 0 radical (unpaired) electrons. The maximum absolute atomic E-state index is 12.2. The van der Waals surface area contributed by atoms with Gasteiger partial charge < -0.3 is 5.32 Å². The third-order valence-corrected chi connectivity index (χ3v) is 4.95. The summed E-state index contributed by atoms with van der Waals surface area (Å²) in [7, 11) is 0. The van der Waals surface area contributed by atoms with Crippen LogP contribution >= 0.6 is 23.2 Å². The predicted octanol–water partition coefficient (Wildman–Crippen LogP) is 3.48. The number of rotatable bonds is 4. The lowest BCUT2D eigenvalue weighted by atomic mass is 9.96. The number of nitrogens with zero attached hydrogens (tertiary/aromatic N) is 1. The fourth-order valence-electron chi connectivity index (χ4n) is 2.87. The molecular formula is C16H20Cl2N2O. The molecule has 0 unspecified atom stereocenters. The molecule has 1 aromatic rings. The molecule has 1 saturated heterocycles. The van der Waals surface area contributed by atoms with Crippen LogP contribution in [0, 0.1) is 5.92 Å². The second kappa shape index (κ2) is 6.55. The van der Waals surface area contributed by atoms with Crippen molar-refractivity contribution >= 4 is 29.1 Å². The van der Waals surface area contributed by atoms with Crippen molar-refractivity contribution in [3.05, 3.63) is 33.8 Å². The molecule has 1 amide bonds. The van der Waals surface area contributed by atoms with Gasteiger partial charge in [-0.15, -0.1) is 0 Å². The molecule has 0 spiro atoms. The zero-order valence-electron chi connectivity index (χ0n) is 11.9.